The van der Waals surface area contributed by atoms with Gasteiger partial charge in [0.1, 0.15) is 0 Å². The maximum absolute atomic E-state index is 11.8. The smallest absolute Gasteiger partial charge is 0.377 e. The zero-order valence-electron chi connectivity index (χ0n) is 12.1. The Balaban J connectivity index is 1.85. The number of benzene rings is 1. The van der Waals surface area contributed by atoms with Crippen LogP contribution in [0.5, 0.6) is 0 Å². The lowest BCUT2D eigenvalue weighted by molar-refractivity contribution is -0.124. The molecule has 116 valence electrons. The summed E-state index contributed by atoms with van der Waals surface area (Å²) in [6.07, 6.45) is 0. The molecule has 1 heterocycles. The standard InChI is InChI=1S/C15H15BrN2O4/c1-9-7-13(22-18-9)15(20)21-8-14(19)17-10(2)11-5-3-4-6-12(11)16/h3-7,10H,8H2,1-2H3,(H,17,19)/t10-/m1/s1. The van der Waals surface area contributed by atoms with Crippen LogP contribution in [0.15, 0.2) is 39.3 Å². The molecule has 0 saturated carbocycles. The quantitative estimate of drug-likeness (QED) is 0.822. The van der Waals surface area contributed by atoms with E-state index < -0.39 is 11.9 Å². The molecule has 1 atom stereocenters. The van der Waals surface area contributed by atoms with Crippen LogP contribution in [0.1, 0.15) is 34.8 Å². The van der Waals surface area contributed by atoms with Gasteiger partial charge in [0.15, 0.2) is 6.61 Å². The third-order valence-electron chi connectivity index (χ3n) is 2.91. The van der Waals surface area contributed by atoms with Gasteiger partial charge in [-0.3, -0.25) is 4.79 Å². The van der Waals surface area contributed by atoms with Crippen molar-refractivity contribution in [2.24, 2.45) is 0 Å². The van der Waals surface area contributed by atoms with E-state index in [1.807, 2.05) is 31.2 Å². The van der Waals surface area contributed by atoms with Crippen molar-refractivity contribution < 1.29 is 18.8 Å². The van der Waals surface area contributed by atoms with Gasteiger partial charge in [-0.2, -0.15) is 0 Å². The predicted molar refractivity (Wildman–Crippen MR) is 82.2 cm³/mol. The average Bonchev–Trinajstić information content (AvgIpc) is 2.91. The number of carbonyl (C=O) groups is 2. The summed E-state index contributed by atoms with van der Waals surface area (Å²) in [6, 6.07) is 8.81. The van der Waals surface area contributed by atoms with E-state index in [0.29, 0.717) is 5.69 Å². The molecule has 2 aromatic rings. The van der Waals surface area contributed by atoms with Gasteiger partial charge in [-0.1, -0.05) is 39.3 Å². The van der Waals surface area contributed by atoms with E-state index in [1.54, 1.807) is 6.92 Å². The summed E-state index contributed by atoms with van der Waals surface area (Å²) >= 11 is 3.43. The van der Waals surface area contributed by atoms with Crippen LogP contribution in [-0.4, -0.2) is 23.6 Å². The molecule has 1 aromatic carbocycles. The summed E-state index contributed by atoms with van der Waals surface area (Å²) in [5.74, 6) is -1.14. The fourth-order valence-corrected chi connectivity index (χ4v) is 2.48. The van der Waals surface area contributed by atoms with Crippen molar-refractivity contribution >= 4 is 27.8 Å². The van der Waals surface area contributed by atoms with Crippen molar-refractivity contribution in [3.05, 3.63) is 51.8 Å². The van der Waals surface area contributed by atoms with Gasteiger partial charge in [0.05, 0.1) is 11.7 Å². The number of ether oxygens (including phenoxy) is 1. The van der Waals surface area contributed by atoms with Crippen molar-refractivity contribution in [3.8, 4) is 0 Å². The zero-order chi connectivity index (χ0) is 16.1. The minimum atomic E-state index is -0.718. The highest BCUT2D eigenvalue weighted by Crippen LogP contribution is 2.22. The molecular formula is C15H15BrN2O4. The largest absolute Gasteiger partial charge is 0.450 e. The minimum Gasteiger partial charge on any atom is -0.450 e. The lowest BCUT2D eigenvalue weighted by Crippen LogP contribution is -2.31. The van der Waals surface area contributed by atoms with Gasteiger partial charge in [-0.15, -0.1) is 0 Å². The van der Waals surface area contributed by atoms with Gasteiger partial charge in [0.25, 0.3) is 5.91 Å². The van der Waals surface area contributed by atoms with Crippen LogP contribution in [0.3, 0.4) is 0 Å². The van der Waals surface area contributed by atoms with Crippen molar-refractivity contribution in [1.82, 2.24) is 10.5 Å². The summed E-state index contributed by atoms with van der Waals surface area (Å²) in [6.45, 7) is 3.15. The fraction of sp³-hybridized carbons (Fsp3) is 0.267. The van der Waals surface area contributed by atoms with Gasteiger partial charge in [-0.25, -0.2) is 4.79 Å². The molecule has 1 N–H and O–H groups in total. The second kappa shape index (κ2) is 7.22. The number of esters is 1. The van der Waals surface area contributed by atoms with Gasteiger partial charge >= 0.3 is 5.97 Å². The number of nitrogens with one attached hydrogen (secondary N) is 1. The molecule has 0 unspecified atom stereocenters. The number of rotatable bonds is 5. The van der Waals surface area contributed by atoms with E-state index in [1.165, 1.54) is 6.07 Å². The summed E-state index contributed by atoms with van der Waals surface area (Å²) in [5.41, 5.74) is 1.51. The van der Waals surface area contributed by atoms with E-state index in [2.05, 4.69) is 26.4 Å². The molecule has 0 bridgehead atoms. The van der Waals surface area contributed by atoms with Crippen LogP contribution >= 0.6 is 15.9 Å². The highest BCUT2D eigenvalue weighted by Gasteiger charge is 2.17. The maximum atomic E-state index is 11.8. The van der Waals surface area contributed by atoms with Crippen LogP contribution in [0, 0.1) is 6.92 Å². The van der Waals surface area contributed by atoms with Crippen LogP contribution < -0.4 is 5.32 Å². The molecule has 0 aliphatic carbocycles. The third kappa shape index (κ3) is 4.17. The number of halogens is 1. The van der Waals surface area contributed by atoms with Crippen molar-refractivity contribution in [2.75, 3.05) is 6.61 Å². The first-order chi connectivity index (χ1) is 10.5. The Kier molecular flexibility index (Phi) is 5.32. The van der Waals surface area contributed by atoms with E-state index in [4.69, 9.17) is 9.26 Å². The van der Waals surface area contributed by atoms with Crippen LogP contribution in [0.25, 0.3) is 0 Å². The molecule has 0 aliphatic rings. The number of amides is 1. The first-order valence-corrected chi connectivity index (χ1v) is 7.41. The lowest BCUT2D eigenvalue weighted by atomic mass is 10.1. The molecular weight excluding hydrogens is 352 g/mol. The maximum Gasteiger partial charge on any atom is 0.377 e. The SMILES string of the molecule is Cc1cc(C(=O)OCC(=O)N[C@H](C)c2ccccc2Br)on1. The van der Waals surface area contributed by atoms with Crippen LogP contribution in [0.2, 0.25) is 0 Å². The Labute approximate surface area is 135 Å². The average molecular weight is 367 g/mol. The summed E-state index contributed by atoms with van der Waals surface area (Å²) < 4.78 is 10.5. The topological polar surface area (TPSA) is 81.4 Å². The number of aromatic nitrogens is 1. The number of carbonyl (C=O) groups excluding carboxylic acids is 2. The molecule has 0 radical (unpaired) electrons. The molecule has 1 aromatic heterocycles. The summed E-state index contributed by atoms with van der Waals surface area (Å²) in [7, 11) is 0. The lowest BCUT2D eigenvalue weighted by Gasteiger charge is -2.15. The highest BCUT2D eigenvalue weighted by atomic mass is 79.9. The number of nitrogens with zero attached hydrogens (tertiary/aromatic N) is 1. The summed E-state index contributed by atoms with van der Waals surface area (Å²) in [4.78, 5) is 23.5. The monoisotopic (exact) mass is 366 g/mol. The number of aryl methyl sites for hydroxylation is 1. The second-order valence-corrected chi connectivity index (χ2v) is 5.57. The van der Waals surface area contributed by atoms with Crippen molar-refractivity contribution in [2.45, 2.75) is 19.9 Å². The van der Waals surface area contributed by atoms with Crippen LogP contribution in [-0.2, 0) is 9.53 Å². The molecule has 22 heavy (non-hydrogen) atoms. The Morgan fingerprint density at radius 2 is 2.14 bits per heavy atom. The summed E-state index contributed by atoms with van der Waals surface area (Å²) in [5, 5.41) is 6.34. The predicted octanol–water partition coefficient (Wildman–Crippen LogP) is 2.78. The first kappa shape index (κ1) is 16.2. The fourth-order valence-electron chi connectivity index (χ4n) is 1.85. The Hall–Kier alpha value is -2.15. The minimum absolute atomic E-state index is 0.0239. The van der Waals surface area contributed by atoms with E-state index in [0.717, 1.165) is 10.0 Å². The Morgan fingerprint density at radius 1 is 1.41 bits per heavy atom. The molecule has 0 spiro atoms. The van der Waals surface area contributed by atoms with Gasteiger partial charge in [0.2, 0.25) is 5.76 Å². The molecule has 7 heteroatoms. The second-order valence-electron chi connectivity index (χ2n) is 4.72. The molecule has 2 rings (SSSR count). The van der Waals surface area contributed by atoms with Gasteiger partial charge < -0.3 is 14.6 Å². The number of hydrogen-bond acceptors (Lipinski definition) is 5. The third-order valence-corrected chi connectivity index (χ3v) is 3.63. The molecule has 0 fully saturated rings. The highest BCUT2D eigenvalue weighted by molar-refractivity contribution is 9.10. The van der Waals surface area contributed by atoms with Gasteiger partial charge in [-0.05, 0) is 25.5 Å². The normalized spacial score (nSPS) is 11.8. The van der Waals surface area contributed by atoms with Crippen LogP contribution in [0.4, 0.5) is 0 Å². The molecule has 6 nitrogen and oxygen atoms in total. The van der Waals surface area contributed by atoms with Gasteiger partial charge in [0, 0.05) is 10.5 Å². The molecule has 0 saturated heterocycles. The Bertz CT molecular complexity index is 684. The molecule has 1 amide bonds. The molecule has 0 aliphatic heterocycles. The van der Waals surface area contributed by atoms with Crippen molar-refractivity contribution in [1.29, 1.82) is 0 Å². The van der Waals surface area contributed by atoms with E-state index >= 15 is 0 Å². The van der Waals surface area contributed by atoms with E-state index in [9.17, 15) is 9.59 Å². The first-order valence-electron chi connectivity index (χ1n) is 6.61. The zero-order valence-corrected chi connectivity index (χ0v) is 13.7. The Morgan fingerprint density at radius 3 is 2.77 bits per heavy atom. The number of hydrogen-bond donors (Lipinski definition) is 1. The van der Waals surface area contributed by atoms with E-state index in [-0.39, 0.29) is 18.4 Å². The van der Waals surface area contributed by atoms with Crippen molar-refractivity contribution in [3.63, 3.8) is 0 Å².